The second-order valence-corrected chi connectivity index (χ2v) is 8.73. The van der Waals surface area contributed by atoms with Crippen molar-refractivity contribution in [3.63, 3.8) is 0 Å². The minimum atomic E-state index is -0.115. The van der Waals surface area contributed by atoms with Crippen molar-refractivity contribution in [3.8, 4) is 5.69 Å². The summed E-state index contributed by atoms with van der Waals surface area (Å²) in [6, 6.07) is 24.2. The molecule has 0 aliphatic heterocycles. The first-order chi connectivity index (χ1) is 15.5. The summed E-state index contributed by atoms with van der Waals surface area (Å²) in [6.45, 7) is 6.41. The highest BCUT2D eigenvalue weighted by atomic mass is 32.2. The fourth-order valence-electron chi connectivity index (χ4n) is 3.46. The van der Waals surface area contributed by atoms with Crippen molar-refractivity contribution in [1.82, 2.24) is 20.1 Å². The van der Waals surface area contributed by atoms with Gasteiger partial charge in [-0.15, -0.1) is 10.2 Å². The van der Waals surface area contributed by atoms with Gasteiger partial charge in [0, 0.05) is 17.0 Å². The molecule has 1 amide bonds. The van der Waals surface area contributed by atoms with Gasteiger partial charge in [-0.3, -0.25) is 9.36 Å². The third-order valence-electron chi connectivity index (χ3n) is 5.41. The van der Waals surface area contributed by atoms with E-state index in [0.29, 0.717) is 17.9 Å². The maximum absolute atomic E-state index is 12.7. The van der Waals surface area contributed by atoms with E-state index in [4.69, 9.17) is 0 Å². The lowest BCUT2D eigenvalue weighted by molar-refractivity contribution is 0.0949. The molecular formula is C26H26N4OS. The van der Waals surface area contributed by atoms with Crippen LogP contribution in [0.15, 0.2) is 78.0 Å². The Morgan fingerprint density at radius 1 is 0.875 bits per heavy atom. The molecule has 1 aromatic heterocycles. The van der Waals surface area contributed by atoms with Gasteiger partial charge in [-0.2, -0.15) is 0 Å². The number of nitrogens with zero attached hydrogens (tertiary/aromatic N) is 3. The van der Waals surface area contributed by atoms with Gasteiger partial charge in [0.1, 0.15) is 0 Å². The van der Waals surface area contributed by atoms with Crippen LogP contribution in [0.2, 0.25) is 0 Å². The number of thioether (sulfide) groups is 1. The maximum atomic E-state index is 12.7. The number of carbonyl (C=O) groups excluding carboxylic acids is 1. The van der Waals surface area contributed by atoms with Gasteiger partial charge in [-0.25, -0.2) is 0 Å². The SMILES string of the molecule is Cc1ccc(-n2c(CNC(=O)c3ccccc3C)nnc2SCc2ccccc2C)cc1. The van der Waals surface area contributed by atoms with E-state index in [9.17, 15) is 4.79 Å². The summed E-state index contributed by atoms with van der Waals surface area (Å²) in [4.78, 5) is 12.7. The van der Waals surface area contributed by atoms with E-state index >= 15 is 0 Å². The molecule has 4 aromatic rings. The van der Waals surface area contributed by atoms with Gasteiger partial charge >= 0.3 is 0 Å². The molecule has 0 aliphatic carbocycles. The summed E-state index contributed by atoms with van der Waals surface area (Å²) < 4.78 is 2.03. The Hall–Kier alpha value is -3.38. The summed E-state index contributed by atoms with van der Waals surface area (Å²) in [5.74, 6) is 1.38. The summed E-state index contributed by atoms with van der Waals surface area (Å²) in [5, 5.41) is 12.7. The predicted octanol–water partition coefficient (Wildman–Crippen LogP) is 5.41. The van der Waals surface area contributed by atoms with Crippen LogP contribution in [-0.2, 0) is 12.3 Å². The fourth-order valence-corrected chi connectivity index (χ4v) is 4.50. The molecular weight excluding hydrogens is 416 g/mol. The molecule has 3 aromatic carbocycles. The van der Waals surface area contributed by atoms with E-state index < -0.39 is 0 Å². The third kappa shape index (κ3) is 4.92. The topological polar surface area (TPSA) is 59.8 Å². The van der Waals surface area contributed by atoms with Crippen LogP contribution in [0.1, 0.15) is 38.4 Å². The molecule has 0 aliphatic rings. The molecule has 32 heavy (non-hydrogen) atoms. The van der Waals surface area contributed by atoms with Crippen molar-refractivity contribution in [3.05, 3.63) is 106 Å². The quantitative estimate of drug-likeness (QED) is 0.389. The second kappa shape index (κ2) is 9.83. The van der Waals surface area contributed by atoms with Gasteiger partial charge in [-0.05, 0) is 55.7 Å². The van der Waals surface area contributed by atoms with Crippen LogP contribution >= 0.6 is 11.8 Å². The van der Waals surface area contributed by atoms with Crippen LogP contribution in [0.5, 0.6) is 0 Å². The number of nitrogens with one attached hydrogen (secondary N) is 1. The van der Waals surface area contributed by atoms with Gasteiger partial charge in [-0.1, -0.05) is 71.9 Å². The van der Waals surface area contributed by atoms with Crippen molar-refractivity contribution < 1.29 is 4.79 Å². The van der Waals surface area contributed by atoms with Crippen molar-refractivity contribution in [2.75, 3.05) is 0 Å². The zero-order chi connectivity index (χ0) is 22.5. The van der Waals surface area contributed by atoms with E-state index in [-0.39, 0.29) is 5.91 Å². The molecule has 6 heteroatoms. The Morgan fingerprint density at radius 2 is 1.56 bits per heavy atom. The lowest BCUT2D eigenvalue weighted by atomic mass is 10.1. The van der Waals surface area contributed by atoms with E-state index in [1.165, 1.54) is 16.7 Å². The predicted molar refractivity (Wildman–Crippen MR) is 129 cm³/mol. The van der Waals surface area contributed by atoms with Gasteiger partial charge in [0.2, 0.25) is 0 Å². The molecule has 1 heterocycles. The minimum Gasteiger partial charge on any atom is -0.345 e. The van der Waals surface area contributed by atoms with Gasteiger partial charge < -0.3 is 5.32 Å². The van der Waals surface area contributed by atoms with Crippen molar-refractivity contribution in [2.45, 2.75) is 38.2 Å². The van der Waals surface area contributed by atoms with Crippen molar-refractivity contribution >= 4 is 17.7 Å². The van der Waals surface area contributed by atoms with Crippen molar-refractivity contribution in [2.24, 2.45) is 0 Å². The Kier molecular flexibility index (Phi) is 6.71. The third-order valence-corrected chi connectivity index (χ3v) is 6.39. The van der Waals surface area contributed by atoms with E-state index in [1.54, 1.807) is 11.8 Å². The average Bonchev–Trinajstić information content (AvgIpc) is 3.20. The lowest BCUT2D eigenvalue weighted by Crippen LogP contribution is -2.25. The van der Waals surface area contributed by atoms with Crippen LogP contribution in [0.25, 0.3) is 5.69 Å². The molecule has 0 atom stereocenters. The summed E-state index contributed by atoms with van der Waals surface area (Å²) >= 11 is 1.64. The smallest absolute Gasteiger partial charge is 0.251 e. The highest BCUT2D eigenvalue weighted by Crippen LogP contribution is 2.26. The number of benzene rings is 3. The Morgan fingerprint density at radius 3 is 2.28 bits per heavy atom. The zero-order valence-electron chi connectivity index (χ0n) is 18.5. The lowest BCUT2D eigenvalue weighted by Gasteiger charge is -2.12. The Balaban J connectivity index is 1.59. The highest BCUT2D eigenvalue weighted by molar-refractivity contribution is 7.98. The number of carbonyl (C=O) groups is 1. The van der Waals surface area contributed by atoms with E-state index in [1.807, 2.05) is 41.8 Å². The second-order valence-electron chi connectivity index (χ2n) is 7.78. The highest BCUT2D eigenvalue weighted by Gasteiger charge is 2.17. The number of amides is 1. The number of rotatable bonds is 7. The largest absolute Gasteiger partial charge is 0.345 e. The molecule has 0 radical (unpaired) electrons. The molecule has 0 bridgehead atoms. The normalized spacial score (nSPS) is 10.8. The van der Waals surface area contributed by atoms with Gasteiger partial charge in [0.25, 0.3) is 5.91 Å². The van der Waals surface area contributed by atoms with E-state index in [0.717, 1.165) is 22.2 Å². The minimum absolute atomic E-state index is 0.115. The number of aryl methyl sites for hydroxylation is 3. The molecule has 1 N–H and O–H groups in total. The molecule has 0 saturated carbocycles. The van der Waals surface area contributed by atoms with E-state index in [2.05, 4.69) is 71.8 Å². The molecule has 162 valence electrons. The molecule has 0 fully saturated rings. The molecule has 0 unspecified atom stereocenters. The molecule has 4 rings (SSSR count). The average molecular weight is 443 g/mol. The fraction of sp³-hybridized carbons (Fsp3) is 0.192. The molecule has 5 nitrogen and oxygen atoms in total. The Bertz CT molecular complexity index is 1230. The van der Waals surface area contributed by atoms with Crippen LogP contribution < -0.4 is 5.32 Å². The number of aromatic nitrogens is 3. The van der Waals surface area contributed by atoms with Crippen LogP contribution in [-0.4, -0.2) is 20.7 Å². The van der Waals surface area contributed by atoms with Crippen molar-refractivity contribution in [1.29, 1.82) is 0 Å². The number of hydrogen-bond donors (Lipinski definition) is 1. The van der Waals surface area contributed by atoms with Crippen LogP contribution in [0.4, 0.5) is 0 Å². The number of hydrogen-bond acceptors (Lipinski definition) is 4. The Labute approximate surface area is 192 Å². The van der Waals surface area contributed by atoms with Crippen LogP contribution in [0.3, 0.4) is 0 Å². The summed E-state index contributed by atoms with van der Waals surface area (Å²) in [5.41, 5.74) is 6.30. The standard InChI is InChI=1S/C26H26N4OS/c1-18-12-14-22(15-13-18)30-24(16-27-25(31)23-11-7-5-9-20(23)3)28-29-26(30)32-17-21-10-6-4-8-19(21)2/h4-15H,16-17H2,1-3H3,(H,27,31). The molecule has 0 saturated heterocycles. The maximum Gasteiger partial charge on any atom is 0.251 e. The van der Waals surface area contributed by atoms with Crippen LogP contribution in [0, 0.1) is 20.8 Å². The summed E-state index contributed by atoms with van der Waals surface area (Å²) in [6.07, 6.45) is 0. The van der Waals surface area contributed by atoms with Gasteiger partial charge in [0.15, 0.2) is 11.0 Å². The zero-order valence-corrected chi connectivity index (χ0v) is 19.3. The van der Waals surface area contributed by atoms with Gasteiger partial charge in [0.05, 0.1) is 6.54 Å². The first kappa shape index (κ1) is 21.8. The first-order valence-corrected chi connectivity index (χ1v) is 11.5. The monoisotopic (exact) mass is 442 g/mol. The first-order valence-electron chi connectivity index (χ1n) is 10.6. The summed E-state index contributed by atoms with van der Waals surface area (Å²) in [7, 11) is 0. The molecule has 0 spiro atoms.